The minimum Gasteiger partial charge on any atom is -0.359 e. The molecule has 15 heavy (non-hydrogen) atoms. The van der Waals surface area contributed by atoms with Crippen molar-refractivity contribution in [3.05, 3.63) is 42.9 Å². The molecule has 0 amide bonds. The highest BCUT2D eigenvalue weighted by Gasteiger charge is 2.02. The summed E-state index contributed by atoms with van der Waals surface area (Å²) >= 11 is 0. The van der Waals surface area contributed by atoms with Gasteiger partial charge in [-0.25, -0.2) is 9.97 Å². The van der Waals surface area contributed by atoms with Crippen LogP contribution in [0.5, 0.6) is 0 Å². The van der Waals surface area contributed by atoms with E-state index < -0.39 is 0 Å². The van der Waals surface area contributed by atoms with Gasteiger partial charge in [0.05, 0.1) is 17.4 Å². The van der Waals surface area contributed by atoms with Crippen LogP contribution in [0, 0.1) is 0 Å². The van der Waals surface area contributed by atoms with Crippen LogP contribution in [0.4, 0.5) is 0 Å². The molecule has 0 aliphatic carbocycles. The monoisotopic (exact) mass is 196 g/mol. The highest BCUT2D eigenvalue weighted by molar-refractivity contribution is 5.74. The number of aromatic amines is 1. The largest absolute Gasteiger partial charge is 0.359 e. The predicted molar refractivity (Wildman–Crippen MR) is 57.1 cm³/mol. The topological polar surface area (TPSA) is 54.5 Å². The minimum absolute atomic E-state index is 0.695. The summed E-state index contributed by atoms with van der Waals surface area (Å²) < 4.78 is 0. The van der Waals surface area contributed by atoms with E-state index in [1.165, 1.54) is 0 Å². The van der Waals surface area contributed by atoms with Gasteiger partial charge in [-0.3, -0.25) is 4.98 Å². The molecule has 0 aromatic carbocycles. The van der Waals surface area contributed by atoms with E-state index in [-0.39, 0.29) is 0 Å². The van der Waals surface area contributed by atoms with Crippen LogP contribution in [-0.4, -0.2) is 19.9 Å². The molecule has 3 aromatic rings. The quantitative estimate of drug-likeness (QED) is 0.647. The normalized spacial score (nSPS) is 10.7. The molecule has 3 heterocycles. The predicted octanol–water partition coefficient (Wildman–Crippen LogP) is 2.02. The van der Waals surface area contributed by atoms with Crippen LogP contribution in [0.1, 0.15) is 0 Å². The molecule has 0 fully saturated rings. The fourth-order valence-corrected chi connectivity index (χ4v) is 1.47. The maximum absolute atomic E-state index is 4.41. The Morgan fingerprint density at radius 3 is 2.87 bits per heavy atom. The van der Waals surface area contributed by atoms with E-state index in [4.69, 9.17) is 0 Å². The summed E-state index contributed by atoms with van der Waals surface area (Å²) in [6.45, 7) is 0. The van der Waals surface area contributed by atoms with Crippen molar-refractivity contribution in [1.29, 1.82) is 0 Å². The van der Waals surface area contributed by atoms with Crippen molar-refractivity contribution < 1.29 is 0 Å². The third kappa shape index (κ3) is 1.36. The van der Waals surface area contributed by atoms with Gasteiger partial charge in [0.2, 0.25) is 0 Å². The van der Waals surface area contributed by atoms with Crippen LogP contribution >= 0.6 is 0 Å². The molecule has 3 rings (SSSR count). The van der Waals surface area contributed by atoms with Gasteiger partial charge in [0.25, 0.3) is 0 Å². The number of rotatable bonds is 1. The molecular weight excluding hydrogens is 188 g/mol. The smallest absolute Gasteiger partial charge is 0.176 e. The molecule has 0 aliphatic heterocycles. The van der Waals surface area contributed by atoms with Crippen LogP contribution in [0.25, 0.3) is 22.6 Å². The zero-order valence-electron chi connectivity index (χ0n) is 7.88. The Labute approximate surface area is 86.0 Å². The molecule has 0 aliphatic rings. The van der Waals surface area contributed by atoms with Gasteiger partial charge in [-0.05, 0) is 24.3 Å². The van der Waals surface area contributed by atoms with Crippen LogP contribution in [0.3, 0.4) is 0 Å². The van der Waals surface area contributed by atoms with E-state index >= 15 is 0 Å². The van der Waals surface area contributed by atoms with Crippen molar-refractivity contribution >= 4 is 11.0 Å². The average Bonchev–Trinajstić information content (AvgIpc) is 2.82. The fourth-order valence-electron chi connectivity index (χ4n) is 1.47. The molecule has 0 radical (unpaired) electrons. The number of pyridine rings is 1. The molecule has 0 saturated heterocycles. The lowest BCUT2D eigenvalue weighted by Gasteiger charge is -1.98. The van der Waals surface area contributed by atoms with Crippen molar-refractivity contribution in [3.8, 4) is 11.5 Å². The van der Waals surface area contributed by atoms with Crippen molar-refractivity contribution in [2.75, 3.05) is 0 Å². The van der Waals surface area contributed by atoms with Crippen molar-refractivity contribution in [1.82, 2.24) is 19.9 Å². The van der Waals surface area contributed by atoms with E-state index in [0.717, 1.165) is 16.7 Å². The Bertz CT molecular complexity index is 586. The number of hydrogen-bond donors (Lipinski definition) is 1. The van der Waals surface area contributed by atoms with E-state index in [2.05, 4.69) is 19.9 Å². The molecule has 0 atom stereocenters. The van der Waals surface area contributed by atoms with Gasteiger partial charge >= 0.3 is 0 Å². The standard InChI is InChI=1S/C11H8N4/c1-3-8-10(13-6-1)7-14-11(15-8)9-4-2-5-12-9/h1-7,12H. The molecule has 0 spiro atoms. The van der Waals surface area contributed by atoms with Gasteiger partial charge < -0.3 is 4.98 Å². The number of H-pyrrole nitrogens is 1. The number of hydrogen-bond acceptors (Lipinski definition) is 3. The second-order valence-electron chi connectivity index (χ2n) is 3.19. The van der Waals surface area contributed by atoms with Gasteiger partial charge in [0, 0.05) is 12.4 Å². The molecule has 1 N–H and O–H groups in total. The second-order valence-corrected chi connectivity index (χ2v) is 3.19. The zero-order valence-corrected chi connectivity index (χ0v) is 7.88. The number of nitrogens with one attached hydrogen (secondary N) is 1. The molecule has 4 heteroatoms. The third-order valence-electron chi connectivity index (χ3n) is 2.19. The first-order valence-electron chi connectivity index (χ1n) is 4.65. The molecule has 0 saturated carbocycles. The Balaban J connectivity index is 2.22. The van der Waals surface area contributed by atoms with Crippen LogP contribution in [-0.2, 0) is 0 Å². The van der Waals surface area contributed by atoms with Gasteiger partial charge in [-0.15, -0.1) is 0 Å². The first-order chi connectivity index (χ1) is 7.43. The maximum atomic E-state index is 4.41. The third-order valence-corrected chi connectivity index (χ3v) is 2.19. The Kier molecular flexibility index (Phi) is 1.71. The summed E-state index contributed by atoms with van der Waals surface area (Å²) in [5.74, 6) is 0.695. The molecule has 0 bridgehead atoms. The summed E-state index contributed by atoms with van der Waals surface area (Å²) in [6.07, 6.45) is 5.32. The van der Waals surface area contributed by atoms with E-state index in [1.807, 2.05) is 30.5 Å². The number of nitrogens with zero attached hydrogens (tertiary/aromatic N) is 3. The van der Waals surface area contributed by atoms with Crippen molar-refractivity contribution in [3.63, 3.8) is 0 Å². The van der Waals surface area contributed by atoms with E-state index in [0.29, 0.717) is 5.82 Å². The van der Waals surface area contributed by atoms with Gasteiger partial charge in [-0.2, -0.15) is 0 Å². The Hall–Kier alpha value is -2.23. The highest BCUT2D eigenvalue weighted by atomic mass is 14.9. The Morgan fingerprint density at radius 1 is 1.00 bits per heavy atom. The zero-order chi connectivity index (χ0) is 10.1. The molecule has 4 nitrogen and oxygen atoms in total. The molecule has 72 valence electrons. The molecular formula is C11H8N4. The van der Waals surface area contributed by atoms with Crippen LogP contribution in [0.2, 0.25) is 0 Å². The van der Waals surface area contributed by atoms with E-state index in [9.17, 15) is 0 Å². The summed E-state index contributed by atoms with van der Waals surface area (Å²) in [5, 5.41) is 0. The molecule has 3 aromatic heterocycles. The summed E-state index contributed by atoms with van der Waals surface area (Å²) in [7, 11) is 0. The SMILES string of the molecule is c1c[nH]c(-c2ncc3ncccc3n2)c1. The summed E-state index contributed by atoms with van der Waals surface area (Å²) in [6, 6.07) is 7.66. The first kappa shape index (κ1) is 8.11. The lowest BCUT2D eigenvalue weighted by molar-refractivity contribution is 1.18. The lowest BCUT2D eigenvalue weighted by Crippen LogP contribution is -1.90. The van der Waals surface area contributed by atoms with Gasteiger partial charge in [0.15, 0.2) is 5.82 Å². The van der Waals surface area contributed by atoms with Crippen molar-refractivity contribution in [2.45, 2.75) is 0 Å². The fraction of sp³-hybridized carbons (Fsp3) is 0. The lowest BCUT2D eigenvalue weighted by atomic mass is 10.3. The van der Waals surface area contributed by atoms with Crippen molar-refractivity contribution in [2.24, 2.45) is 0 Å². The highest BCUT2D eigenvalue weighted by Crippen LogP contribution is 2.14. The summed E-state index contributed by atoms with van der Waals surface area (Å²) in [4.78, 5) is 15.9. The number of aromatic nitrogens is 4. The van der Waals surface area contributed by atoms with Crippen LogP contribution < -0.4 is 0 Å². The molecule has 0 unspecified atom stereocenters. The summed E-state index contributed by atoms with van der Waals surface area (Å²) in [5.41, 5.74) is 2.59. The first-order valence-corrected chi connectivity index (χ1v) is 4.65. The average molecular weight is 196 g/mol. The maximum Gasteiger partial charge on any atom is 0.176 e. The van der Waals surface area contributed by atoms with Gasteiger partial charge in [-0.1, -0.05) is 0 Å². The van der Waals surface area contributed by atoms with Gasteiger partial charge in [0.1, 0.15) is 5.52 Å². The Morgan fingerprint density at radius 2 is 2.00 bits per heavy atom. The number of fused-ring (bicyclic) bond motifs is 1. The van der Waals surface area contributed by atoms with Crippen LogP contribution in [0.15, 0.2) is 42.9 Å². The second kappa shape index (κ2) is 3.16. The minimum atomic E-state index is 0.695. The van der Waals surface area contributed by atoms with E-state index in [1.54, 1.807) is 12.4 Å².